The van der Waals surface area contributed by atoms with Crippen molar-refractivity contribution in [2.45, 2.75) is 24.9 Å². The number of fused-ring (bicyclic) bond motifs is 1. The number of nitrogens with zero attached hydrogens (tertiary/aromatic N) is 3. The molecule has 2 fully saturated rings. The smallest absolute Gasteiger partial charge is 0.256 e. The molecule has 1 aliphatic carbocycles. The second-order valence-corrected chi connectivity index (χ2v) is 5.90. The van der Waals surface area contributed by atoms with Crippen molar-refractivity contribution in [3.63, 3.8) is 0 Å². The number of hydrogen-bond acceptors (Lipinski definition) is 3. The fourth-order valence-corrected chi connectivity index (χ4v) is 3.41. The van der Waals surface area contributed by atoms with E-state index in [9.17, 15) is 9.59 Å². The number of carbonyl (C=O) groups excluding carboxylic acids is 2. The van der Waals surface area contributed by atoms with E-state index in [1.807, 2.05) is 18.2 Å². The van der Waals surface area contributed by atoms with E-state index < -0.39 is 11.9 Å². The lowest BCUT2D eigenvalue weighted by atomic mass is 10.1. The van der Waals surface area contributed by atoms with Gasteiger partial charge in [-0.3, -0.25) is 9.59 Å². The minimum atomic E-state index is -0.484. The fraction of sp³-hybridized carbons (Fsp3) is 0.312. The van der Waals surface area contributed by atoms with Crippen LogP contribution in [-0.2, 0) is 4.79 Å². The van der Waals surface area contributed by atoms with Crippen LogP contribution >= 0.6 is 0 Å². The standard InChI is InChI=1S/C16H16N4O2/c17-15(21)14-9-10-8-13(10)20(14)16(22)11-4-1-2-5-12(11)19-7-3-6-18-19/h1-7,10,13-14H,8-9H2,(H2,17,21)/t10-,13-,14-/m0/s1. The normalized spacial score (nSPS) is 25.8. The minimum Gasteiger partial charge on any atom is -0.368 e. The first kappa shape index (κ1) is 13.1. The molecule has 22 heavy (non-hydrogen) atoms. The van der Waals surface area contributed by atoms with Crippen LogP contribution in [-0.4, -0.2) is 38.6 Å². The Bertz CT molecular complexity index is 740. The molecule has 2 aromatic rings. The number of piperidine rings is 1. The van der Waals surface area contributed by atoms with Crippen molar-refractivity contribution in [2.75, 3.05) is 0 Å². The average Bonchev–Trinajstić information content (AvgIpc) is 2.96. The SMILES string of the molecule is NC(=O)[C@@H]1C[C@@H]2C[C@@H]2N1C(=O)c1ccccc1-n1cccn1. The Kier molecular flexibility index (Phi) is 2.79. The molecule has 6 nitrogen and oxygen atoms in total. The zero-order chi connectivity index (χ0) is 15.3. The summed E-state index contributed by atoms with van der Waals surface area (Å²) < 4.78 is 1.66. The third-order valence-electron chi connectivity index (χ3n) is 4.55. The second-order valence-electron chi connectivity index (χ2n) is 5.90. The van der Waals surface area contributed by atoms with Gasteiger partial charge in [0, 0.05) is 18.4 Å². The van der Waals surface area contributed by atoms with Gasteiger partial charge in [-0.05, 0) is 37.0 Å². The maximum Gasteiger partial charge on any atom is 0.256 e. The Morgan fingerprint density at radius 3 is 2.73 bits per heavy atom. The van der Waals surface area contributed by atoms with Gasteiger partial charge in [0.15, 0.2) is 0 Å². The lowest BCUT2D eigenvalue weighted by Gasteiger charge is -2.26. The molecular formula is C16H16N4O2. The van der Waals surface area contributed by atoms with Gasteiger partial charge >= 0.3 is 0 Å². The Morgan fingerprint density at radius 1 is 1.18 bits per heavy atom. The molecule has 0 radical (unpaired) electrons. The monoisotopic (exact) mass is 296 g/mol. The molecular weight excluding hydrogens is 280 g/mol. The Balaban J connectivity index is 1.73. The van der Waals surface area contributed by atoms with Gasteiger partial charge in [0.1, 0.15) is 6.04 Å². The average molecular weight is 296 g/mol. The number of para-hydroxylation sites is 1. The highest BCUT2D eigenvalue weighted by Crippen LogP contribution is 2.48. The molecule has 1 saturated heterocycles. The molecule has 2 aliphatic rings. The predicted octanol–water partition coefficient (Wildman–Crippen LogP) is 0.961. The summed E-state index contributed by atoms with van der Waals surface area (Å²) in [6.07, 6.45) is 5.12. The number of nitrogens with two attached hydrogens (primary N) is 1. The number of carbonyl (C=O) groups is 2. The van der Waals surface area contributed by atoms with Crippen molar-refractivity contribution in [3.8, 4) is 5.69 Å². The summed E-state index contributed by atoms with van der Waals surface area (Å²) in [5, 5.41) is 4.19. The number of rotatable bonds is 3. The number of benzene rings is 1. The fourth-order valence-electron chi connectivity index (χ4n) is 3.41. The van der Waals surface area contributed by atoms with Crippen molar-refractivity contribution in [2.24, 2.45) is 11.7 Å². The Labute approximate surface area is 127 Å². The third-order valence-corrected chi connectivity index (χ3v) is 4.55. The van der Waals surface area contributed by atoms with Gasteiger partial charge in [0.05, 0.1) is 11.3 Å². The molecule has 1 aromatic heterocycles. The van der Waals surface area contributed by atoms with Crippen LogP contribution in [0, 0.1) is 5.92 Å². The Hall–Kier alpha value is -2.63. The van der Waals surface area contributed by atoms with Gasteiger partial charge in [-0.2, -0.15) is 5.10 Å². The number of likely N-dealkylation sites (tertiary alicyclic amines) is 1. The first-order chi connectivity index (χ1) is 10.7. The van der Waals surface area contributed by atoms with E-state index in [2.05, 4.69) is 5.10 Å². The maximum atomic E-state index is 13.0. The summed E-state index contributed by atoms with van der Waals surface area (Å²) in [6.45, 7) is 0. The highest BCUT2D eigenvalue weighted by Gasteiger charge is 2.55. The molecule has 1 aliphatic heterocycles. The molecule has 0 bridgehead atoms. The van der Waals surface area contributed by atoms with Gasteiger partial charge in [0.25, 0.3) is 5.91 Å². The summed E-state index contributed by atoms with van der Waals surface area (Å²) in [7, 11) is 0. The molecule has 6 heteroatoms. The highest BCUT2D eigenvalue weighted by molar-refractivity contribution is 6.01. The minimum absolute atomic E-state index is 0.139. The highest BCUT2D eigenvalue weighted by atomic mass is 16.2. The zero-order valence-corrected chi connectivity index (χ0v) is 11.9. The number of amides is 2. The van der Waals surface area contributed by atoms with Crippen LogP contribution in [0.1, 0.15) is 23.2 Å². The number of hydrogen-bond donors (Lipinski definition) is 1. The third kappa shape index (κ3) is 1.91. The largest absolute Gasteiger partial charge is 0.368 e. The van der Waals surface area contributed by atoms with Crippen molar-refractivity contribution < 1.29 is 9.59 Å². The molecule has 0 unspecified atom stereocenters. The Morgan fingerprint density at radius 2 is 2.00 bits per heavy atom. The van der Waals surface area contributed by atoms with E-state index in [0.717, 1.165) is 6.42 Å². The van der Waals surface area contributed by atoms with Crippen LogP contribution in [0.5, 0.6) is 0 Å². The topological polar surface area (TPSA) is 81.2 Å². The predicted molar refractivity (Wildman–Crippen MR) is 79.2 cm³/mol. The summed E-state index contributed by atoms with van der Waals surface area (Å²) >= 11 is 0. The molecule has 4 rings (SSSR count). The van der Waals surface area contributed by atoms with Gasteiger partial charge in [-0.25, -0.2) is 4.68 Å². The van der Waals surface area contributed by atoms with E-state index >= 15 is 0 Å². The summed E-state index contributed by atoms with van der Waals surface area (Å²) in [6, 6.07) is 8.79. The lowest BCUT2D eigenvalue weighted by molar-refractivity contribution is -0.122. The van der Waals surface area contributed by atoms with E-state index in [1.165, 1.54) is 0 Å². The maximum absolute atomic E-state index is 13.0. The zero-order valence-electron chi connectivity index (χ0n) is 11.9. The van der Waals surface area contributed by atoms with Gasteiger partial charge < -0.3 is 10.6 Å². The van der Waals surface area contributed by atoms with Crippen molar-refractivity contribution in [1.82, 2.24) is 14.7 Å². The van der Waals surface area contributed by atoms with E-state index in [-0.39, 0.29) is 11.9 Å². The van der Waals surface area contributed by atoms with Gasteiger partial charge in [-0.1, -0.05) is 12.1 Å². The van der Waals surface area contributed by atoms with Crippen LogP contribution in [0.25, 0.3) is 5.69 Å². The molecule has 2 amide bonds. The molecule has 2 N–H and O–H groups in total. The quantitative estimate of drug-likeness (QED) is 0.916. The van der Waals surface area contributed by atoms with E-state index in [4.69, 9.17) is 5.73 Å². The van der Waals surface area contributed by atoms with Crippen molar-refractivity contribution in [1.29, 1.82) is 0 Å². The van der Waals surface area contributed by atoms with Gasteiger partial charge in [-0.15, -0.1) is 0 Å². The molecule has 112 valence electrons. The summed E-state index contributed by atoms with van der Waals surface area (Å²) in [5.41, 5.74) is 6.73. The number of primary amides is 1. The van der Waals surface area contributed by atoms with Crippen molar-refractivity contribution >= 4 is 11.8 Å². The van der Waals surface area contributed by atoms with Crippen LogP contribution in [0.2, 0.25) is 0 Å². The molecule has 1 saturated carbocycles. The van der Waals surface area contributed by atoms with Gasteiger partial charge in [0.2, 0.25) is 5.91 Å². The lowest BCUT2D eigenvalue weighted by Crippen LogP contribution is -2.46. The van der Waals surface area contributed by atoms with Crippen molar-refractivity contribution in [3.05, 3.63) is 48.3 Å². The van der Waals surface area contributed by atoms with Crippen LogP contribution in [0.4, 0.5) is 0 Å². The summed E-state index contributed by atoms with van der Waals surface area (Å²) in [5.74, 6) is -0.129. The van der Waals surface area contributed by atoms with Crippen LogP contribution in [0.3, 0.4) is 0 Å². The molecule has 3 atom stereocenters. The van der Waals surface area contributed by atoms with E-state index in [0.29, 0.717) is 23.6 Å². The first-order valence-corrected chi connectivity index (χ1v) is 7.38. The molecule has 1 aromatic carbocycles. The summed E-state index contributed by atoms with van der Waals surface area (Å²) in [4.78, 5) is 26.3. The second kappa shape index (κ2) is 4.69. The first-order valence-electron chi connectivity index (χ1n) is 7.38. The molecule has 2 heterocycles. The van der Waals surface area contributed by atoms with Crippen LogP contribution in [0.15, 0.2) is 42.7 Å². The molecule has 0 spiro atoms. The van der Waals surface area contributed by atoms with Crippen LogP contribution < -0.4 is 5.73 Å². The number of aromatic nitrogens is 2. The van der Waals surface area contributed by atoms with E-state index in [1.54, 1.807) is 34.1 Å².